The number of rotatable bonds is 2. The summed E-state index contributed by atoms with van der Waals surface area (Å²) in [6, 6.07) is 5.92. The van der Waals surface area contributed by atoms with Crippen LogP contribution in [0.3, 0.4) is 0 Å². The number of amides is 1. The highest BCUT2D eigenvalue weighted by Gasteiger charge is 2.33. The van der Waals surface area contributed by atoms with Gasteiger partial charge in [0.2, 0.25) is 0 Å². The van der Waals surface area contributed by atoms with Crippen LogP contribution in [0.2, 0.25) is 0 Å². The SMILES string of the molecule is Cc1cc2cc(C(=O)N3CCCC3c3ncc[nH]3)oc2cc1C. The van der Waals surface area contributed by atoms with Crippen molar-refractivity contribution in [1.29, 1.82) is 0 Å². The third-order valence-electron chi connectivity index (χ3n) is 4.69. The minimum absolute atomic E-state index is 0.00850. The Bertz CT molecular complexity index is 825. The number of furan rings is 1. The summed E-state index contributed by atoms with van der Waals surface area (Å²) in [5, 5.41) is 0.977. The molecule has 4 rings (SSSR count). The van der Waals surface area contributed by atoms with Crippen molar-refractivity contribution in [2.45, 2.75) is 32.7 Å². The molecule has 3 heterocycles. The Balaban J connectivity index is 1.68. The number of nitrogens with one attached hydrogen (secondary N) is 1. The van der Waals surface area contributed by atoms with Gasteiger partial charge in [-0.2, -0.15) is 0 Å². The number of aromatic nitrogens is 2. The molecule has 23 heavy (non-hydrogen) atoms. The van der Waals surface area contributed by atoms with Crippen molar-refractivity contribution in [3.63, 3.8) is 0 Å². The van der Waals surface area contributed by atoms with E-state index in [1.165, 1.54) is 11.1 Å². The maximum atomic E-state index is 12.9. The minimum Gasteiger partial charge on any atom is -0.451 e. The van der Waals surface area contributed by atoms with Crippen LogP contribution in [0.25, 0.3) is 11.0 Å². The molecule has 0 spiro atoms. The van der Waals surface area contributed by atoms with E-state index in [4.69, 9.17) is 4.42 Å². The van der Waals surface area contributed by atoms with Crippen LogP contribution >= 0.6 is 0 Å². The van der Waals surface area contributed by atoms with E-state index in [2.05, 4.69) is 23.0 Å². The van der Waals surface area contributed by atoms with Gasteiger partial charge in [0.15, 0.2) is 5.76 Å². The van der Waals surface area contributed by atoms with Crippen LogP contribution in [-0.4, -0.2) is 27.3 Å². The number of fused-ring (bicyclic) bond motifs is 1. The number of carbonyl (C=O) groups is 1. The van der Waals surface area contributed by atoms with Gasteiger partial charge in [0, 0.05) is 24.3 Å². The van der Waals surface area contributed by atoms with Gasteiger partial charge < -0.3 is 14.3 Å². The molecule has 1 saturated heterocycles. The predicted octanol–water partition coefficient (Wildman–Crippen LogP) is 3.75. The van der Waals surface area contributed by atoms with Gasteiger partial charge in [-0.05, 0) is 56.0 Å². The predicted molar refractivity (Wildman–Crippen MR) is 87.3 cm³/mol. The summed E-state index contributed by atoms with van der Waals surface area (Å²) in [6.45, 7) is 4.85. The second-order valence-electron chi connectivity index (χ2n) is 6.22. The lowest BCUT2D eigenvalue weighted by molar-refractivity contribution is 0.0700. The first-order valence-corrected chi connectivity index (χ1v) is 7.94. The molecule has 1 unspecified atom stereocenters. The molecule has 0 bridgehead atoms. The first kappa shape index (κ1) is 14.1. The molecule has 1 aliphatic rings. The molecule has 1 fully saturated rings. The van der Waals surface area contributed by atoms with Crippen LogP contribution in [0.5, 0.6) is 0 Å². The van der Waals surface area contributed by atoms with Gasteiger partial charge in [-0.1, -0.05) is 0 Å². The molecule has 5 heteroatoms. The summed E-state index contributed by atoms with van der Waals surface area (Å²) < 4.78 is 5.82. The lowest BCUT2D eigenvalue weighted by Gasteiger charge is -2.21. The number of hydrogen-bond donors (Lipinski definition) is 1. The number of likely N-dealkylation sites (tertiary alicyclic amines) is 1. The highest BCUT2D eigenvalue weighted by Crippen LogP contribution is 2.32. The van der Waals surface area contributed by atoms with Gasteiger partial charge in [-0.15, -0.1) is 0 Å². The molecule has 1 aromatic carbocycles. The summed E-state index contributed by atoms with van der Waals surface area (Å²) in [7, 11) is 0. The molecular formula is C18H19N3O2. The van der Waals surface area contributed by atoms with E-state index >= 15 is 0 Å². The first-order chi connectivity index (χ1) is 11.1. The summed E-state index contributed by atoms with van der Waals surface area (Å²) >= 11 is 0. The standard InChI is InChI=1S/C18H19N3O2/c1-11-8-13-10-16(23-15(13)9-12(11)2)18(22)21-7-3-4-14(21)17-19-5-6-20-17/h5-6,8-10,14H,3-4,7H2,1-2H3,(H,19,20). The molecule has 0 aliphatic carbocycles. The van der Waals surface area contributed by atoms with Crippen LogP contribution in [-0.2, 0) is 0 Å². The molecule has 1 amide bonds. The number of aryl methyl sites for hydroxylation is 2. The first-order valence-electron chi connectivity index (χ1n) is 7.94. The van der Waals surface area contributed by atoms with Crippen LogP contribution in [0.15, 0.2) is 35.0 Å². The van der Waals surface area contributed by atoms with Crippen molar-refractivity contribution >= 4 is 16.9 Å². The summed E-state index contributed by atoms with van der Waals surface area (Å²) in [6.07, 6.45) is 5.43. The summed E-state index contributed by atoms with van der Waals surface area (Å²) in [4.78, 5) is 22.2. The van der Waals surface area contributed by atoms with E-state index in [9.17, 15) is 4.79 Å². The maximum Gasteiger partial charge on any atom is 0.290 e. The number of imidazole rings is 1. The Morgan fingerprint density at radius 2 is 2.13 bits per heavy atom. The second-order valence-corrected chi connectivity index (χ2v) is 6.22. The van der Waals surface area contributed by atoms with Gasteiger partial charge in [0.25, 0.3) is 5.91 Å². The van der Waals surface area contributed by atoms with Crippen molar-refractivity contribution in [2.75, 3.05) is 6.54 Å². The molecule has 3 aromatic rings. The van der Waals surface area contributed by atoms with E-state index < -0.39 is 0 Å². The Kier molecular flexibility index (Phi) is 3.22. The third-order valence-corrected chi connectivity index (χ3v) is 4.69. The topological polar surface area (TPSA) is 62.1 Å². The summed E-state index contributed by atoms with van der Waals surface area (Å²) in [5.74, 6) is 1.19. The van der Waals surface area contributed by atoms with Gasteiger partial charge in [-0.3, -0.25) is 4.79 Å². The van der Waals surface area contributed by atoms with E-state index in [0.29, 0.717) is 5.76 Å². The highest BCUT2D eigenvalue weighted by molar-refractivity contribution is 5.96. The fourth-order valence-electron chi connectivity index (χ4n) is 3.30. The average molecular weight is 309 g/mol. The Labute approximate surface area is 134 Å². The van der Waals surface area contributed by atoms with Gasteiger partial charge in [0.05, 0.1) is 6.04 Å². The molecule has 118 valence electrons. The van der Waals surface area contributed by atoms with Crippen LogP contribution in [0.4, 0.5) is 0 Å². The fraction of sp³-hybridized carbons (Fsp3) is 0.333. The Hall–Kier alpha value is -2.56. The van der Waals surface area contributed by atoms with E-state index in [1.807, 2.05) is 24.0 Å². The largest absolute Gasteiger partial charge is 0.451 e. The van der Waals surface area contributed by atoms with Crippen LogP contribution < -0.4 is 0 Å². The molecule has 0 saturated carbocycles. The zero-order valence-corrected chi connectivity index (χ0v) is 13.3. The van der Waals surface area contributed by atoms with Gasteiger partial charge in [-0.25, -0.2) is 4.98 Å². The third kappa shape index (κ3) is 2.32. The second kappa shape index (κ2) is 5.26. The van der Waals surface area contributed by atoms with Crippen molar-refractivity contribution in [2.24, 2.45) is 0 Å². The quantitative estimate of drug-likeness (QED) is 0.784. The van der Waals surface area contributed by atoms with Crippen molar-refractivity contribution < 1.29 is 9.21 Å². The molecule has 1 aliphatic heterocycles. The fourth-order valence-corrected chi connectivity index (χ4v) is 3.30. The van der Waals surface area contributed by atoms with E-state index in [1.54, 1.807) is 12.4 Å². The van der Waals surface area contributed by atoms with Crippen molar-refractivity contribution in [1.82, 2.24) is 14.9 Å². The number of aromatic amines is 1. The maximum absolute atomic E-state index is 12.9. The van der Waals surface area contributed by atoms with Gasteiger partial charge >= 0.3 is 0 Å². The zero-order chi connectivity index (χ0) is 16.0. The molecule has 1 atom stereocenters. The van der Waals surface area contributed by atoms with Crippen molar-refractivity contribution in [3.05, 3.63) is 53.3 Å². The number of hydrogen-bond acceptors (Lipinski definition) is 3. The molecule has 1 N–H and O–H groups in total. The number of H-pyrrole nitrogens is 1. The zero-order valence-electron chi connectivity index (χ0n) is 13.3. The number of benzene rings is 1. The Morgan fingerprint density at radius 3 is 2.91 bits per heavy atom. The highest BCUT2D eigenvalue weighted by atomic mass is 16.3. The van der Waals surface area contributed by atoms with Gasteiger partial charge in [0.1, 0.15) is 11.4 Å². The normalized spacial score (nSPS) is 18.0. The number of nitrogens with zero attached hydrogens (tertiary/aromatic N) is 2. The van der Waals surface area contributed by atoms with Crippen LogP contribution in [0, 0.1) is 13.8 Å². The van der Waals surface area contributed by atoms with Crippen LogP contribution in [0.1, 0.15) is 46.4 Å². The molecular weight excluding hydrogens is 290 g/mol. The molecule has 0 radical (unpaired) electrons. The molecule has 2 aromatic heterocycles. The summed E-state index contributed by atoms with van der Waals surface area (Å²) in [5.41, 5.74) is 3.14. The minimum atomic E-state index is -0.0598. The molecule has 5 nitrogen and oxygen atoms in total. The smallest absolute Gasteiger partial charge is 0.290 e. The van der Waals surface area contributed by atoms with Crippen molar-refractivity contribution in [3.8, 4) is 0 Å². The number of carbonyl (C=O) groups excluding carboxylic acids is 1. The van der Waals surface area contributed by atoms with E-state index in [0.717, 1.165) is 36.2 Å². The Morgan fingerprint density at radius 1 is 1.30 bits per heavy atom. The lowest BCUT2D eigenvalue weighted by Crippen LogP contribution is -2.30. The van der Waals surface area contributed by atoms with E-state index in [-0.39, 0.29) is 11.9 Å². The lowest BCUT2D eigenvalue weighted by atomic mass is 10.1. The monoisotopic (exact) mass is 309 g/mol. The average Bonchev–Trinajstić information content (AvgIpc) is 3.26.